The Balaban J connectivity index is 2.18. The number of carbonyl (C=O) groups is 2. The SMILES string of the molecule is CCn1cc(N)c(C(=O)N2CCNC(=O)C2)n1. The van der Waals surface area contributed by atoms with Crippen molar-refractivity contribution in [3.63, 3.8) is 0 Å². The Hall–Kier alpha value is -2.05. The van der Waals surface area contributed by atoms with Crippen LogP contribution in [-0.2, 0) is 11.3 Å². The Morgan fingerprint density at radius 1 is 1.65 bits per heavy atom. The lowest BCUT2D eigenvalue weighted by molar-refractivity contribution is -0.123. The molecule has 0 bridgehead atoms. The highest BCUT2D eigenvalue weighted by molar-refractivity contribution is 5.99. The maximum atomic E-state index is 12.1. The van der Waals surface area contributed by atoms with Gasteiger partial charge in [0.25, 0.3) is 5.91 Å². The highest BCUT2D eigenvalue weighted by atomic mass is 16.2. The third-order valence-electron chi connectivity index (χ3n) is 2.64. The van der Waals surface area contributed by atoms with Gasteiger partial charge >= 0.3 is 0 Å². The van der Waals surface area contributed by atoms with Gasteiger partial charge in [-0.3, -0.25) is 14.3 Å². The number of nitrogens with two attached hydrogens (primary N) is 1. The first-order valence-corrected chi connectivity index (χ1v) is 5.50. The molecule has 0 atom stereocenters. The van der Waals surface area contributed by atoms with Crippen LogP contribution in [0.5, 0.6) is 0 Å². The first-order chi connectivity index (χ1) is 8.11. The molecule has 0 unspecified atom stereocenters. The predicted octanol–water partition coefficient (Wildman–Crippen LogP) is -0.943. The molecular formula is C10H15N5O2. The van der Waals surface area contributed by atoms with E-state index in [9.17, 15) is 9.59 Å². The smallest absolute Gasteiger partial charge is 0.277 e. The molecule has 0 spiro atoms. The van der Waals surface area contributed by atoms with Crippen LogP contribution in [-0.4, -0.2) is 46.1 Å². The van der Waals surface area contributed by atoms with Crippen molar-refractivity contribution in [3.8, 4) is 0 Å². The molecule has 2 heterocycles. The van der Waals surface area contributed by atoms with Crippen LogP contribution in [0.1, 0.15) is 17.4 Å². The van der Waals surface area contributed by atoms with E-state index < -0.39 is 0 Å². The van der Waals surface area contributed by atoms with Gasteiger partial charge in [0, 0.05) is 25.8 Å². The van der Waals surface area contributed by atoms with Gasteiger partial charge in [0.1, 0.15) is 0 Å². The van der Waals surface area contributed by atoms with E-state index in [1.165, 1.54) is 4.90 Å². The van der Waals surface area contributed by atoms with E-state index in [1.807, 2.05) is 6.92 Å². The molecule has 1 aliphatic rings. The van der Waals surface area contributed by atoms with E-state index in [4.69, 9.17) is 5.73 Å². The molecule has 1 aromatic rings. The summed E-state index contributed by atoms with van der Waals surface area (Å²) in [6.45, 7) is 3.59. The van der Waals surface area contributed by atoms with Crippen LogP contribution in [0, 0.1) is 0 Å². The zero-order valence-corrected chi connectivity index (χ0v) is 9.64. The standard InChI is InChI=1S/C10H15N5O2/c1-2-15-5-7(11)9(13-15)10(17)14-4-3-12-8(16)6-14/h5H,2-4,6,11H2,1H3,(H,12,16). The first kappa shape index (κ1) is 11.4. The summed E-state index contributed by atoms with van der Waals surface area (Å²) >= 11 is 0. The summed E-state index contributed by atoms with van der Waals surface area (Å²) in [6, 6.07) is 0. The van der Waals surface area contributed by atoms with Crippen molar-refractivity contribution in [3.05, 3.63) is 11.9 Å². The number of aromatic nitrogens is 2. The van der Waals surface area contributed by atoms with E-state index in [-0.39, 0.29) is 24.1 Å². The normalized spacial score (nSPS) is 15.8. The predicted molar refractivity (Wildman–Crippen MR) is 61.2 cm³/mol. The fourth-order valence-electron chi connectivity index (χ4n) is 1.73. The second kappa shape index (κ2) is 4.44. The van der Waals surface area contributed by atoms with E-state index in [2.05, 4.69) is 10.4 Å². The molecule has 1 aromatic heterocycles. The van der Waals surface area contributed by atoms with Gasteiger partial charge in [-0.25, -0.2) is 0 Å². The lowest BCUT2D eigenvalue weighted by atomic mass is 10.3. The molecule has 1 saturated heterocycles. The first-order valence-electron chi connectivity index (χ1n) is 5.50. The monoisotopic (exact) mass is 237 g/mol. The molecule has 1 aliphatic heterocycles. The van der Waals surface area contributed by atoms with Gasteiger partial charge in [0.2, 0.25) is 5.91 Å². The van der Waals surface area contributed by atoms with Crippen molar-refractivity contribution < 1.29 is 9.59 Å². The molecule has 17 heavy (non-hydrogen) atoms. The van der Waals surface area contributed by atoms with Crippen molar-refractivity contribution in [1.29, 1.82) is 0 Å². The van der Waals surface area contributed by atoms with Crippen LogP contribution in [0.4, 0.5) is 5.69 Å². The number of nitrogen functional groups attached to an aromatic ring is 1. The molecule has 7 nitrogen and oxygen atoms in total. The van der Waals surface area contributed by atoms with Crippen molar-refractivity contribution in [1.82, 2.24) is 20.0 Å². The van der Waals surface area contributed by atoms with Crippen LogP contribution in [0.2, 0.25) is 0 Å². The molecule has 7 heteroatoms. The summed E-state index contributed by atoms with van der Waals surface area (Å²) in [5, 5.41) is 6.76. The minimum absolute atomic E-state index is 0.0667. The van der Waals surface area contributed by atoms with Gasteiger partial charge < -0.3 is 16.0 Å². The van der Waals surface area contributed by atoms with Crippen LogP contribution in [0.25, 0.3) is 0 Å². The quantitative estimate of drug-likeness (QED) is 0.694. The van der Waals surface area contributed by atoms with E-state index in [1.54, 1.807) is 10.9 Å². The second-order valence-corrected chi connectivity index (χ2v) is 3.87. The number of piperazine rings is 1. The number of rotatable bonds is 2. The summed E-state index contributed by atoms with van der Waals surface area (Å²) in [4.78, 5) is 24.7. The van der Waals surface area contributed by atoms with E-state index in [0.29, 0.717) is 25.3 Å². The topological polar surface area (TPSA) is 93.2 Å². The average Bonchev–Trinajstić information content (AvgIpc) is 2.69. The molecule has 0 radical (unpaired) electrons. The van der Waals surface area contributed by atoms with Crippen molar-refractivity contribution in [2.75, 3.05) is 25.4 Å². The van der Waals surface area contributed by atoms with Crippen molar-refractivity contribution in [2.24, 2.45) is 0 Å². The summed E-state index contributed by atoms with van der Waals surface area (Å²) in [6.07, 6.45) is 1.62. The lowest BCUT2D eigenvalue weighted by Gasteiger charge is -2.25. The lowest BCUT2D eigenvalue weighted by Crippen LogP contribution is -2.50. The largest absolute Gasteiger partial charge is 0.396 e. The molecule has 2 amide bonds. The summed E-state index contributed by atoms with van der Waals surface area (Å²) in [5.74, 6) is -0.442. The third-order valence-corrected chi connectivity index (χ3v) is 2.64. The average molecular weight is 237 g/mol. The highest BCUT2D eigenvalue weighted by Crippen LogP contribution is 2.12. The van der Waals surface area contributed by atoms with Crippen LogP contribution < -0.4 is 11.1 Å². The van der Waals surface area contributed by atoms with Gasteiger partial charge in [-0.05, 0) is 6.92 Å². The molecule has 1 fully saturated rings. The number of amides is 2. The van der Waals surface area contributed by atoms with Gasteiger partial charge in [0.15, 0.2) is 5.69 Å². The molecular weight excluding hydrogens is 222 g/mol. The Bertz CT molecular complexity index is 454. The summed E-state index contributed by atoms with van der Waals surface area (Å²) < 4.78 is 1.60. The van der Waals surface area contributed by atoms with Gasteiger partial charge in [-0.15, -0.1) is 0 Å². The number of nitrogens with zero attached hydrogens (tertiary/aromatic N) is 3. The Labute approximate surface area is 98.6 Å². The molecule has 0 aliphatic carbocycles. The fraction of sp³-hybridized carbons (Fsp3) is 0.500. The van der Waals surface area contributed by atoms with Gasteiger partial charge in [-0.2, -0.15) is 5.10 Å². The summed E-state index contributed by atoms with van der Waals surface area (Å²) in [7, 11) is 0. The van der Waals surface area contributed by atoms with E-state index >= 15 is 0 Å². The molecule has 3 N–H and O–H groups in total. The number of hydrogen-bond donors (Lipinski definition) is 2. The second-order valence-electron chi connectivity index (χ2n) is 3.87. The minimum Gasteiger partial charge on any atom is -0.396 e. The Morgan fingerprint density at radius 3 is 3.00 bits per heavy atom. The molecule has 2 rings (SSSR count). The van der Waals surface area contributed by atoms with Crippen LogP contribution in [0.3, 0.4) is 0 Å². The number of carbonyl (C=O) groups excluding carboxylic acids is 2. The molecule has 92 valence electrons. The fourth-order valence-corrected chi connectivity index (χ4v) is 1.73. The zero-order valence-electron chi connectivity index (χ0n) is 9.64. The molecule has 0 aromatic carbocycles. The van der Waals surface area contributed by atoms with Crippen molar-refractivity contribution >= 4 is 17.5 Å². The number of anilines is 1. The van der Waals surface area contributed by atoms with Crippen molar-refractivity contribution in [2.45, 2.75) is 13.5 Å². The zero-order chi connectivity index (χ0) is 12.4. The molecule has 0 saturated carbocycles. The number of nitrogens with one attached hydrogen (secondary N) is 1. The number of hydrogen-bond acceptors (Lipinski definition) is 4. The maximum absolute atomic E-state index is 12.1. The van der Waals surface area contributed by atoms with Gasteiger partial charge in [-0.1, -0.05) is 0 Å². The Kier molecular flexibility index (Phi) is 2.99. The maximum Gasteiger partial charge on any atom is 0.277 e. The third kappa shape index (κ3) is 2.22. The Morgan fingerprint density at radius 2 is 2.41 bits per heavy atom. The van der Waals surface area contributed by atoms with Crippen LogP contribution >= 0.6 is 0 Å². The highest BCUT2D eigenvalue weighted by Gasteiger charge is 2.25. The van der Waals surface area contributed by atoms with Crippen LogP contribution in [0.15, 0.2) is 6.20 Å². The minimum atomic E-state index is -0.287. The summed E-state index contributed by atoms with van der Waals surface area (Å²) in [5.41, 5.74) is 6.30. The van der Waals surface area contributed by atoms with Gasteiger partial charge in [0.05, 0.1) is 12.2 Å². The number of aryl methyl sites for hydroxylation is 1. The van der Waals surface area contributed by atoms with E-state index in [0.717, 1.165) is 0 Å².